The van der Waals surface area contributed by atoms with Gasteiger partial charge in [-0.05, 0) is 42.2 Å². The quantitative estimate of drug-likeness (QED) is 0.691. The monoisotopic (exact) mass is 344 g/mol. The van der Waals surface area contributed by atoms with Gasteiger partial charge in [0.2, 0.25) is 5.95 Å². The second kappa shape index (κ2) is 8.08. The highest BCUT2D eigenvalue weighted by molar-refractivity contribution is 5.66. The summed E-state index contributed by atoms with van der Waals surface area (Å²) in [6, 6.07) is 15.6. The number of para-hydroxylation sites is 1. The summed E-state index contributed by atoms with van der Waals surface area (Å²) in [5.74, 6) is 0.992. The molecule has 0 atom stereocenters. The Bertz CT molecular complexity index is 923. The van der Waals surface area contributed by atoms with E-state index in [-0.39, 0.29) is 0 Å². The van der Waals surface area contributed by atoms with Crippen LogP contribution < -0.4 is 10.6 Å². The van der Waals surface area contributed by atoms with Gasteiger partial charge in [0.1, 0.15) is 0 Å². The van der Waals surface area contributed by atoms with E-state index in [1.165, 1.54) is 11.1 Å². The fourth-order valence-electron chi connectivity index (χ4n) is 2.74. The van der Waals surface area contributed by atoms with Gasteiger partial charge in [-0.2, -0.15) is 15.3 Å². The SMILES string of the molecule is CCc1cccc(CC)c1Nc1cnnc(Nc2cccc(C#N)c2)n1. The van der Waals surface area contributed by atoms with Crippen LogP contribution in [0.25, 0.3) is 0 Å². The maximum atomic E-state index is 9.00. The summed E-state index contributed by atoms with van der Waals surface area (Å²) >= 11 is 0. The van der Waals surface area contributed by atoms with Gasteiger partial charge in [0.15, 0.2) is 5.82 Å². The number of nitrogens with zero attached hydrogens (tertiary/aromatic N) is 4. The number of nitriles is 1. The maximum absolute atomic E-state index is 9.00. The third kappa shape index (κ3) is 3.95. The molecule has 0 amide bonds. The highest BCUT2D eigenvalue weighted by atomic mass is 15.3. The zero-order valence-electron chi connectivity index (χ0n) is 14.8. The molecule has 0 saturated heterocycles. The number of rotatable bonds is 6. The van der Waals surface area contributed by atoms with Crippen LogP contribution >= 0.6 is 0 Å². The van der Waals surface area contributed by atoms with Gasteiger partial charge in [-0.15, -0.1) is 5.10 Å². The first-order chi connectivity index (χ1) is 12.7. The number of aryl methyl sites for hydroxylation is 2. The van der Waals surface area contributed by atoms with Crippen molar-refractivity contribution < 1.29 is 0 Å². The van der Waals surface area contributed by atoms with E-state index in [4.69, 9.17) is 5.26 Å². The molecule has 0 aliphatic heterocycles. The summed E-state index contributed by atoms with van der Waals surface area (Å²) in [7, 11) is 0. The Morgan fingerprint density at radius 1 is 1.00 bits per heavy atom. The lowest BCUT2D eigenvalue weighted by Gasteiger charge is -2.15. The van der Waals surface area contributed by atoms with E-state index in [1.807, 2.05) is 6.07 Å². The minimum Gasteiger partial charge on any atom is -0.338 e. The van der Waals surface area contributed by atoms with E-state index in [1.54, 1.807) is 24.4 Å². The van der Waals surface area contributed by atoms with Gasteiger partial charge in [0.25, 0.3) is 0 Å². The van der Waals surface area contributed by atoms with Crippen molar-refractivity contribution in [2.45, 2.75) is 26.7 Å². The van der Waals surface area contributed by atoms with Crippen molar-refractivity contribution in [2.24, 2.45) is 0 Å². The molecule has 1 heterocycles. The number of anilines is 4. The van der Waals surface area contributed by atoms with E-state index in [0.717, 1.165) is 24.2 Å². The van der Waals surface area contributed by atoms with Crippen LogP contribution in [0.4, 0.5) is 23.1 Å². The lowest BCUT2D eigenvalue weighted by Crippen LogP contribution is -2.05. The van der Waals surface area contributed by atoms with E-state index in [0.29, 0.717) is 17.3 Å². The summed E-state index contributed by atoms with van der Waals surface area (Å²) in [6.45, 7) is 4.26. The molecule has 0 unspecified atom stereocenters. The molecular weight excluding hydrogens is 324 g/mol. The van der Waals surface area contributed by atoms with E-state index in [9.17, 15) is 0 Å². The third-order valence-corrected chi connectivity index (χ3v) is 4.06. The summed E-state index contributed by atoms with van der Waals surface area (Å²) in [4.78, 5) is 4.49. The topological polar surface area (TPSA) is 86.5 Å². The molecule has 0 spiro atoms. The molecule has 130 valence electrons. The largest absolute Gasteiger partial charge is 0.338 e. The van der Waals surface area contributed by atoms with Crippen LogP contribution in [0.1, 0.15) is 30.5 Å². The predicted octanol–water partition coefficient (Wildman–Crippen LogP) is 4.36. The molecular formula is C20H20N6. The Labute approximate surface area is 152 Å². The van der Waals surface area contributed by atoms with Gasteiger partial charge >= 0.3 is 0 Å². The van der Waals surface area contributed by atoms with E-state index >= 15 is 0 Å². The van der Waals surface area contributed by atoms with Gasteiger partial charge in [0, 0.05) is 11.4 Å². The molecule has 6 nitrogen and oxygen atoms in total. The summed E-state index contributed by atoms with van der Waals surface area (Å²) in [6.07, 6.45) is 3.46. The first kappa shape index (κ1) is 17.4. The fourth-order valence-corrected chi connectivity index (χ4v) is 2.74. The molecule has 2 N–H and O–H groups in total. The lowest BCUT2D eigenvalue weighted by atomic mass is 10.0. The summed E-state index contributed by atoms with van der Waals surface area (Å²) in [5, 5.41) is 23.5. The van der Waals surface area contributed by atoms with Gasteiger partial charge < -0.3 is 10.6 Å². The summed E-state index contributed by atoms with van der Waals surface area (Å²) < 4.78 is 0. The van der Waals surface area contributed by atoms with Gasteiger partial charge in [0.05, 0.1) is 17.8 Å². The minimum atomic E-state index is 0.372. The number of hydrogen-bond acceptors (Lipinski definition) is 6. The highest BCUT2D eigenvalue weighted by Crippen LogP contribution is 2.26. The standard InChI is InChI=1S/C20H20N6/c1-3-15-8-6-9-16(4-2)19(15)24-18-13-22-26-20(25-18)23-17-10-5-7-14(11-17)12-21/h5-11,13H,3-4H2,1-2H3,(H2,23,24,25,26). The number of hydrogen-bond donors (Lipinski definition) is 2. The van der Waals surface area contributed by atoms with Crippen molar-refractivity contribution in [1.29, 1.82) is 5.26 Å². The predicted molar refractivity (Wildman–Crippen MR) is 103 cm³/mol. The molecule has 26 heavy (non-hydrogen) atoms. The highest BCUT2D eigenvalue weighted by Gasteiger charge is 2.09. The van der Waals surface area contributed by atoms with Gasteiger partial charge in [-0.25, -0.2) is 0 Å². The van der Waals surface area contributed by atoms with Crippen molar-refractivity contribution in [3.8, 4) is 6.07 Å². The maximum Gasteiger partial charge on any atom is 0.249 e. The van der Waals surface area contributed by atoms with Crippen molar-refractivity contribution in [3.63, 3.8) is 0 Å². The number of nitrogens with one attached hydrogen (secondary N) is 2. The first-order valence-corrected chi connectivity index (χ1v) is 8.58. The smallest absolute Gasteiger partial charge is 0.249 e. The van der Waals surface area contributed by atoms with Gasteiger partial charge in [-0.3, -0.25) is 0 Å². The molecule has 0 fully saturated rings. The number of benzene rings is 2. The van der Waals surface area contributed by atoms with Crippen LogP contribution in [-0.4, -0.2) is 15.2 Å². The Balaban J connectivity index is 1.85. The average molecular weight is 344 g/mol. The van der Waals surface area contributed by atoms with Crippen LogP contribution in [0.3, 0.4) is 0 Å². The Morgan fingerprint density at radius 2 is 1.73 bits per heavy atom. The lowest BCUT2D eigenvalue weighted by molar-refractivity contribution is 0.979. The van der Waals surface area contributed by atoms with E-state index < -0.39 is 0 Å². The number of aromatic nitrogens is 3. The molecule has 1 aromatic heterocycles. The molecule has 3 aromatic rings. The van der Waals surface area contributed by atoms with Crippen LogP contribution in [0.15, 0.2) is 48.7 Å². The second-order valence-corrected chi connectivity index (χ2v) is 5.77. The van der Waals surface area contributed by atoms with Crippen molar-refractivity contribution in [1.82, 2.24) is 15.2 Å². The zero-order valence-corrected chi connectivity index (χ0v) is 14.8. The van der Waals surface area contributed by atoms with Crippen molar-refractivity contribution in [3.05, 3.63) is 65.4 Å². The molecule has 0 bridgehead atoms. The fraction of sp³-hybridized carbons (Fsp3) is 0.200. The molecule has 0 radical (unpaired) electrons. The molecule has 3 rings (SSSR count). The Morgan fingerprint density at radius 3 is 2.42 bits per heavy atom. The zero-order chi connectivity index (χ0) is 18.4. The third-order valence-electron chi connectivity index (χ3n) is 4.06. The van der Waals surface area contributed by atoms with Crippen LogP contribution in [-0.2, 0) is 12.8 Å². The van der Waals surface area contributed by atoms with Gasteiger partial charge in [-0.1, -0.05) is 38.1 Å². The Kier molecular flexibility index (Phi) is 5.40. The second-order valence-electron chi connectivity index (χ2n) is 5.77. The molecule has 6 heteroatoms. The molecule has 0 aliphatic carbocycles. The van der Waals surface area contributed by atoms with Crippen LogP contribution in [0.5, 0.6) is 0 Å². The molecule has 0 saturated carbocycles. The first-order valence-electron chi connectivity index (χ1n) is 8.58. The van der Waals surface area contributed by atoms with Crippen molar-refractivity contribution >= 4 is 23.1 Å². The Hall–Kier alpha value is -3.46. The minimum absolute atomic E-state index is 0.372. The molecule has 2 aromatic carbocycles. The normalized spacial score (nSPS) is 10.2. The van der Waals surface area contributed by atoms with Crippen LogP contribution in [0, 0.1) is 11.3 Å². The van der Waals surface area contributed by atoms with E-state index in [2.05, 4.69) is 63.9 Å². The average Bonchev–Trinajstić information content (AvgIpc) is 2.68. The molecule has 0 aliphatic rings. The van der Waals surface area contributed by atoms with Crippen molar-refractivity contribution in [2.75, 3.05) is 10.6 Å². The van der Waals surface area contributed by atoms with Crippen LogP contribution in [0.2, 0.25) is 0 Å². The summed E-state index contributed by atoms with van der Waals surface area (Å²) in [5.41, 5.74) is 4.86.